The van der Waals surface area contributed by atoms with Gasteiger partial charge in [-0.05, 0) is 49.0 Å². The molecule has 1 fully saturated rings. The van der Waals surface area contributed by atoms with Crippen molar-refractivity contribution >= 4 is 27.5 Å². The first-order valence-corrected chi connectivity index (χ1v) is 6.69. The molecule has 0 amide bonds. The van der Waals surface area contributed by atoms with Crippen LogP contribution in [0.15, 0.2) is 10.7 Å². The number of alkyl halides is 1. The Hall–Kier alpha value is -0.0200. The van der Waals surface area contributed by atoms with Crippen molar-refractivity contribution in [3.63, 3.8) is 0 Å². The quantitative estimate of drug-likeness (QED) is 0.750. The Morgan fingerprint density at radius 2 is 2.27 bits per heavy atom. The van der Waals surface area contributed by atoms with Gasteiger partial charge in [0.2, 0.25) is 0 Å². The van der Waals surface area contributed by atoms with Crippen molar-refractivity contribution in [2.75, 3.05) is 0 Å². The normalized spacial score (nSPS) is 26.5. The molecule has 0 radical (unpaired) electrons. The van der Waals surface area contributed by atoms with Gasteiger partial charge in [0.25, 0.3) is 0 Å². The predicted molar refractivity (Wildman–Crippen MR) is 66.5 cm³/mol. The van der Waals surface area contributed by atoms with Crippen LogP contribution in [0.5, 0.6) is 0 Å². The van der Waals surface area contributed by atoms with E-state index in [1.165, 1.54) is 12.1 Å². The lowest BCUT2D eigenvalue weighted by molar-refractivity contribution is 0.484. The lowest BCUT2D eigenvalue weighted by Gasteiger charge is -2.16. The molecule has 1 aromatic heterocycles. The molecule has 0 saturated heterocycles. The highest BCUT2D eigenvalue weighted by atomic mass is 79.9. The van der Waals surface area contributed by atoms with Crippen molar-refractivity contribution in [3.8, 4) is 0 Å². The molecule has 1 saturated carbocycles. The third-order valence-corrected chi connectivity index (χ3v) is 4.04. The van der Waals surface area contributed by atoms with Crippen molar-refractivity contribution in [1.82, 2.24) is 9.78 Å². The predicted octanol–water partition coefficient (Wildman–Crippen LogP) is 4.10. The molecule has 0 aliphatic heterocycles. The molecule has 1 aliphatic carbocycles. The van der Waals surface area contributed by atoms with Crippen LogP contribution in [-0.2, 0) is 0 Å². The van der Waals surface area contributed by atoms with Crippen molar-refractivity contribution in [2.24, 2.45) is 0 Å². The van der Waals surface area contributed by atoms with Gasteiger partial charge in [-0.3, -0.25) is 4.68 Å². The summed E-state index contributed by atoms with van der Waals surface area (Å²) in [6, 6.07) is 0.417. The zero-order valence-corrected chi connectivity index (χ0v) is 11.4. The van der Waals surface area contributed by atoms with Gasteiger partial charge in [-0.1, -0.05) is 0 Å². The fourth-order valence-electron chi connectivity index (χ4n) is 2.32. The van der Waals surface area contributed by atoms with Gasteiger partial charge in [0.1, 0.15) is 0 Å². The lowest BCUT2D eigenvalue weighted by Crippen LogP contribution is -2.10. The average molecular weight is 292 g/mol. The van der Waals surface area contributed by atoms with E-state index in [1.807, 2.05) is 6.20 Å². The van der Waals surface area contributed by atoms with Crippen LogP contribution in [-0.4, -0.2) is 15.2 Å². The highest BCUT2D eigenvalue weighted by Gasteiger charge is 2.29. The summed E-state index contributed by atoms with van der Waals surface area (Å²) in [4.78, 5) is 0. The zero-order valence-electron chi connectivity index (χ0n) is 9.08. The SMILES string of the molecule is CC(C)n1ncc(Br)c1C1CCC(Cl)C1. The molecule has 84 valence electrons. The first kappa shape index (κ1) is 11.5. The van der Waals surface area contributed by atoms with Gasteiger partial charge < -0.3 is 0 Å². The van der Waals surface area contributed by atoms with Crippen molar-refractivity contribution in [1.29, 1.82) is 0 Å². The van der Waals surface area contributed by atoms with Crippen LogP contribution in [0.1, 0.15) is 50.8 Å². The fraction of sp³-hybridized carbons (Fsp3) is 0.727. The van der Waals surface area contributed by atoms with E-state index in [9.17, 15) is 0 Å². The second-order valence-electron chi connectivity index (χ2n) is 4.52. The topological polar surface area (TPSA) is 17.8 Å². The van der Waals surface area contributed by atoms with E-state index in [2.05, 4.69) is 39.6 Å². The molecular formula is C11H16BrClN2. The monoisotopic (exact) mass is 290 g/mol. The zero-order chi connectivity index (χ0) is 11.0. The Morgan fingerprint density at radius 3 is 2.80 bits per heavy atom. The molecule has 0 aromatic carbocycles. The summed E-state index contributed by atoms with van der Waals surface area (Å²) in [6.07, 6.45) is 5.29. The van der Waals surface area contributed by atoms with Crippen molar-refractivity contribution in [2.45, 2.75) is 50.4 Å². The van der Waals surface area contributed by atoms with E-state index in [1.54, 1.807) is 0 Å². The third-order valence-electron chi connectivity index (χ3n) is 3.03. The number of hydrogen-bond donors (Lipinski definition) is 0. The van der Waals surface area contributed by atoms with Gasteiger partial charge in [0.05, 0.1) is 16.4 Å². The van der Waals surface area contributed by atoms with E-state index in [0.717, 1.165) is 17.3 Å². The van der Waals surface area contributed by atoms with Crippen LogP contribution < -0.4 is 0 Å². The van der Waals surface area contributed by atoms with Crippen LogP contribution >= 0.6 is 27.5 Å². The van der Waals surface area contributed by atoms with Gasteiger partial charge >= 0.3 is 0 Å². The van der Waals surface area contributed by atoms with E-state index < -0.39 is 0 Å². The van der Waals surface area contributed by atoms with Gasteiger partial charge in [-0.2, -0.15) is 5.10 Å². The second-order valence-corrected chi connectivity index (χ2v) is 5.99. The van der Waals surface area contributed by atoms with Crippen molar-refractivity contribution < 1.29 is 0 Å². The molecule has 15 heavy (non-hydrogen) atoms. The van der Waals surface area contributed by atoms with E-state index >= 15 is 0 Å². The molecule has 1 heterocycles. The maximum Gasteiger partial charge on any atom is 0.0635 e. The molecule has 2 nitrogen and oxygen atoms in total. The Balaban J connectivity index is 2.30. The summed E-state index contributed by atoms with van der Waals surface area (Å²) in [5.74, 6) is 0.576. The highest BCUT2D eigenvalue weighted by molar-refractivity contribution is 9.10. The fourth-order valence-corrected chi connectivity index (χ4v) is 3.26. The van der Waals surface area contributed by atoms with Crippen LogP contribution in [0.25, 0.3) is 0 Å². The van der Waals surface area contributed by atoms with Gasteiger partial charge in [0, 0.05) is 17.3 Å². The summed E-state index contributed by atoms with van der Waals surface area (Å²) in [5, 5.41) is 4.76. The minimum atomic E-state index is 0.345. The number of halogens is 2. The van der Waals surface area contributed by atoms with Gasteiger partial charge in [0.15, 0.2) is 0 Å². The molecule has 2 rings (SSSR count). The highest BCUT2D eigenvalue weighted by Crippen LogP contribution is 2.40. The van der Waals surface area contributed by atoms with E-state index in [0.29, 0.717) is 17.3 Å². The maximum atomic E-state index is 6.16. The summed E-state index contributed by atoms with van der Waals surface area (Å²) < 4.78 is 3.25. The molecule has 1 aromatic rings. The molecular weight excluding hydrogens is 275 g/mol. The van der Waals surface area contributed by atoms with Crippen molar-refractivity contribution in [3.05, 3.63) is 16.4 Å². The Morgan fingerprint density at radius 1 is 1.53 bits per heavy atom. The largest absolute Gasteiger partial charge is 0.266 e. The van der Waals surface area contributed by atoms with Gasteiger partial charge in [-0.25, -0.2) is 0 Å². The summed E-state index contributed by atoms with van der Waals surface area (Å²) >= 11 is 9.75. The number of hydrogen-bond acceptors (Lipinski definition) is 1. The molecule has 4 heteroatoms. The average Bonchev–Trinajstić information content (AvgIpc) is 2.71. The minimum Gasteiger partial charge on any atom is -0.266 e. The third kappa shape index (κ3) is 2.23. The summed E-state index contributed by atoms with van der Waals surface area (Å²) in [7, 11) is 0. The lowest BCUT2D eigenvalue weighted by atomic mass is 10.0. The summed E-state index contributed by atoms with van der Waals surface area (Å²) in [5.41, 5.74) is 1.33. The van der Waals surface area contributed by atoms with Crippen LogP contribution in [0.4, 0.5) is 0 Å². The smallest absolute Gasteiger partial charge is 0.0635 e. The molecule has 1 aliphatic rings. The second kappa shape index (κ2) is 4.46. The number of rotatable bonds is 2. The maximum absolute atomic E-state index is 6.16. The Bertz CT molecular complexity index is 348. The molecule has 2 atom stereocenters. The standard InChI is InChI=1S/C11H16BrClN2/c1-7(2)15-11(10(12)6-14-15)8-3-4-9(13)5-8/h6-9H,3-5H2,1-2H3. The first-order chi connectivity index (χ1) is 7.09. The Kier molecular flexibility index (Phi) is 3.41. The summed E-state index contributed by atoms with van der Waals surface area (Å²) in [6.45, 7) is 4.33. The first-order valence-electron chi connectivity index (χ1n) is 5.46. The molecule has 2 unspecified atom stereocenters. The molecule has 0 spiro atoms. The number of aromatic nitrogens is 2. The van der Waals surface area contributed by atoms with Crippen LogP contribution in [0.3, 0.4) is 0 Å². The van der Waals surface area contributed by atoms with Crippen LogP contribution in [0.2, 0.25) is 0 Å². The van der Waals surface area contributed by atoms with Crippen LogP contribution in [0, 0.1) is 0 Å². The molecule has 0 bridgehead atoms. The Labute approximate surface area is 104 Å². The minimum absolute atomic E-state index is 0.345. The van der Waals surface area contributed by atoms with Gasteiger partial charge in [-0.15, -0.1) is 11.6 Å². The number of nitrogens with zero attached hydrogens (tertiary/aromatic N) is 2. The van der Waals surface area contributed by atoms with E-state index in [4.69, 9.17) is 11.6 Å². The van der Waals surface area contributed by atoms with E-state index in [-0.39, 0.29) is 0 Å². The molecule has 0 N–H and O–H groups in total.